The summed E-state index contributed by atoms with van der Waals surface area (Å²) in [5.74, 6) is 0. The van der Waals surface area contributed by atoms with Crippen molar-refractivity contribution < 1.29 is 0 Å². The summed E-state index contributed by atoms with van der Waals surface area (Å²) in [5, 5.41) is 6.86. The number of benzene rings is 1. The lowest BCUT2D eigenvalue weighted by atomic mass is 9.93. The fourth-order valence-electron chi connectivity index (χ4n) is 2.16. The van der Waals surface area contributed by atoms with Gasteiger partial charge in [-0.25, -0.2) is 0 Å². The highest BCUT2D eigenvalue weighted by Gasteiger charge is 2.19. The van der Waals surface area contributed by atoms with E-state index in [1.807, 2.05) is 7.05 Å². The van der Waals surface area contributed by atoms with Crippen molar-refractivity contribution in [1.29, 1.82) is 0 Å². The summed E-state index contributed by atoms with van der Waals surface area (Å²) in [5.41, 5.74) is 5.52. The molecule has 0 fully saturated rings. The largest absolute Gasteiger partial charge is 0.384 e. The predicted octanol–water partition coefficient (Wildman–Crippen LogP) is 2.38. The third-order valence-corrected chi connectivity index (χ3v) is 3.23. The van der Waals surface area contributed by atoms with Crippen LogP contribution in [-0.2, 0) is 0 Å². The van der Waals surface area contributed by atoms with Crippen molar-refractivity contribution >= 4 is 5.69 Å². The minimum atomic E-state index is 0.519. The molecule has 2 rings (SSSR count). The molecule has 0 aromatic heterocycles. The second-order valence-corrected chi connectivity index (χ2v) is 4.03. The lowest BCUT2D eigenvalue weighted by molar-refractivity contribution is 0.550. The maximum absolute atomic E-state index is 3.50. The Labute approximate surface area is 85.7 Å². The average molecular weight is 190 g/mol. The number of rotatable bonds is 1. The molecule has 2 N–H and O–H groups in total. The Morgan fingerprint density at radius 3 is 2.86 bits per heavy atom. The number of nitrogens with one attached hydrogen (secondary N) is 2. The molecule has 1 atom stereocenters. The maximum Gasteiger partial charge on any atom is 0.0421 e. The zero-order valence-electron chi connectivity index (χ0n) is 9.15. The molecule has 14 heavy (non-hydrogen) atoms. The van der Waals surface area contributed by atoms with Gasteiger partial charge in [0, 0.05) is 18.3 Å². The maximum atomic E-state index is 3.50. The topological polar surface area (TPSA) is 24.1 Å². The summed E-state index contributed by atoms with van der Waals surface area (Å²) in [6, 6.07) is 4.97. The normalized spacial score (nSPS) is 20.1. The van der Waals surface area contributed by atoms with Crippen molar-refractivity contribution in [3.8, 4) is 0 Å². The van der Waals surface area contributed by atoms with Gasteiger partial charge < -0.3 is 10.6 Å². The molecule has 0 saturated heterocycles. The van der Waals surface area contributed by atoms with Gasteiger partial charge in [-0.15, -0.1) is 0 Å². The third-order valence-electron chi connectivity index (χ3n) is 3.23. The Morgan fingerprint density at radius 1 is 1.36 bits per heavy atom. The van der Waals surface area contributed by atoms with Gasteiger partial charge in [-0.3, -0.25) is 0 Å². The van der Waals surface area contributed by atoms with Gasteiger partial charge in [0.2, 0.25) is 0 Å². The second kappa shape index (κ2) is 3.62. The van der Waals surface area contributed by atoms with Crippen LogP contribution in [-0.4, -0.2) is 13.6 Å². The minimum absolute atomic E-state index is 0.519. The van der Waals surface area contributed by atoms with Crippen molar-refractivity contribution in [3.63, 3.8) is 0 Å². The molecule has 1 unspecified atom stereocenters. The van der Waals surface area contributed by atoms with Gasteiger partial charge in [0.05, 0.1) is 0 Å². The number of fused-ring (bicyclic) bond motifs is 1. The Bertz CT molecular complexity index is 344. The summed E-state index contributed by atoms with van der Waals surface area (Å²) in [4.78, 5) is 0. The third kappa shape index (κ3) is 1.40. The first kappa shape index (κ1) is 9.53. The molecule has 1 aliphatic heterocycles. The van der Waals surface area contributed by atoms with Crippen LogP contribution in [0.2, 0.25) is 0 Å². The molecule has 1 aliphatic rings. The number of hydrogen-bond donors (Lipinski definition) is 2. The smallest absolute Gasteiger partial charge is 0.0421 e. The van der Waals surface area contributed by atoms with Crippen LogP contribution in [0, 0.1) is 13.8 Å². The van der Waals surface area contributed by atoms with E-state index in [4.69, 9.17) is 0 Å². The van der Waals surface area contributed by atoms with Crippen LogP contribution in [0.15, 0.2) is 12.1 Å². The molecular weight excluding hydrogens is 172 g/mol. The molecule has 0 bridgehead atoms. The zero-order valence-corrected chi connectivity index (χ0v) is 9.15. The van der Waals surface area contributed by atoms with Crippen LogP contribution in [0.3, 0.4) is 0 Å². The highest BCUT2D eigenvalue weighted by atomic mass is 15.0. The molecule has 0 radical (unpaired) electrons. The molecule has 0 aliphatic carbocycles. The lowest BCUT2D eigenvalue weighted by Gasteiger charge is -2.28. The van der Waals surface area contributed by atoms with Crippen molar-refractivity contribution in [2.45, 2.75) is 26.3 Å². The Hall–Kier alpha value is -1.02. The fourth-order valence-corrected chi connectivity index (χ4v) is 2.16. The molecular formula is C12H18N2. The first-order valence-electron chi connectivity index (χ1n) is 5.25. The van der Waals surface area contributed by atoms with Crippen molar-refractivity contribution in [2.75, 3.05) is 18.9 Å². The van der Waals surface area contributed by atoms with Gasteiger partial charge in [0.25, 0.3) is 0 Å². The summed E-state index contributed by atoms with van der Waals surface area (Å²) in [7, 11) is 2.04. The molecule has 1 aromatic rings. The first-order chi connectivity index (χ1) is 6.74. The van der Waals surface area contributed by atoms with E-state index in [-0.39, 0.29) is 0 Å². The van der Waals surface area contributed by atoms with Gasteiger partial charge in [-0.2, -0.15) is 0 Å². The van der Waals surface area contributed by atoms with Gasteiger partial charge in [-0.05, 0) is 44.0 Å². The van der Waals surface area contributed by atoms with E-state index < -0.39 is 0 Å². The lowest BCUT2D eigenvalue weighted by Crippen LogP contribution is -2.26. The Kier molecular flexibility index (Phi) is 2.46. The average Bonchev–Trinajstić information content (AvgIpc) is 2.23. The summed E-state index contributed by atoms with van der Waals surface area (Å²) in [6.07, 6.45) is 1.17. The van der Waals surface area contributed by atoms with E-state index in [1.54, 1.807) is 0 Å². The number of aryl methyl sites for hydroxylation is 1. The Balaban J connectivity index is 2.50. The molecule has 0 saturated carbocycles. The van der Waals surface area contributed by atoms with Gasteiger partial charge in [-0.1, -0.05) is 12.1 Å². The highest BCUT2D eigenvalue weighted by molar-refractivity contribution is 5.62. The molecule has 1 aromatic carbocycles. The zero-order chi connectivity index (χ0) is 10.1. The van der Waals surface area contributed by atoms with Crippen molar-refractivity contribution in [2.24, 2.45) is 0 Å². The van der Waals surface area contributed by atoms with Crippen LogP contribution in [0.4, 0.5) is 5.69 Å². The van der Waals surface area contributed by atoms with Crippen LogP contribution >= 0.6 is 0 Å². The van der Waals surface area contributed by atoms with Gasteiger partial charge >= 0.3 is 0 Å². The van der Waals surface area contributed by atoms with E-state index in [1.165, 1.54) is 28.8 Å². The number of hydrogen-bond acceptors (Lipinski definition) is 2. The first-order valence-corrected chi connectivity index (χ1v) is 5.25. The summed E-state index contributed by atoms with van der Waals surface area (Å²) < 4.78 is 0. The monoisotopic (exact) mass is 190 g/mol. The fraction of sp³-hybridized carbons (Fsp3) is 0.500. The van der Waals surface area contributed by atoms with E-state index >= 15 is 0 Å². The van der Waals surface area contributed by atoms with E-state index in [9.17, 15) is 0 Å². The molecule has 2 heteroatoms. The molecule has 1 heterocycles. The SMILES string of the molecule is CNC1CCNc2c1ccc(C)c2C. The van der Waals surface area contributed by atoms with Crippen molar-refractivity contribution in [3.05, 3.63) is 28.8 Å². The second-order valence-electron chi connectivity index (χ2n) is 4.03. The standard InChI is InChI=1S/C12H18N2/c1-8-4-5-10-11(13-3)6-7-14-12(10)9(8)2/h4-5,11,13-14H,6-7H2,1-3H3. The van der Waals surface area contributed by atoms with Crippen molar-refractivity contribution in [1.82, 2.24) is 5.32 Å². The van der Waals surface area contributed by atoms with Crippen LogP contribution < -0.4 is 10.6 Å². The van der Waals surface area contributed by atoms with Gasteiger partial charge in [0.1, 0.15) is 0 Å². The van der Waals surface area contributed by atoms with E-state index in [0.717, 1.165) is 6.54 Å². The molecule has 2 nitrogen and oxygen atoms in total. The summed E-state index contributed by atoms with van der Waals surface area (Å²) >= 11 is 0. The minimum Gasteiger partial charge on any atom is -0.384 e. The quantitative estimate of drug-likeness (QED) is 0.710. The van der Waals surface area contributed by atoms with E-state index in [2.05, 4.69) is 36.6 Å². The van der Waals surface area contributed by atoms with E-state index in [0.29, 0.717) is 6.04 Å². The van der Waals surface area contributed by atoms with Crippen LogP contribution in [0.1, 0.15) is 29.2 Å². The molecule has 76 valence electrons. The summed E-state index contributed by atoms with van der Waals surface area (Å²) in [6.45, 7) is 5.43. The Morgan fingerprint density at radius 2 is 2.14 bits per heavy atom. The van der Waals surface area contributed by atoms with Crippen LogP contribution in [0.25, 0.3) is 0 Å². The number of anilines is 1. The van der Waals surface area contributed by atoms with Crippen LogP contribution in [0.5, 0.6) is 0 Å². The highest BCUT2D eigenvalue weighted by Crippen LogP contribution is 2.33. The predicted molar refractivity (Wildman–Crippen MR) is 60.8 cm³/mol. The molecule has 0 amide bonds. The van der Waals surface area contributed by atoms with Gasteiger partial charge in [0.15, 0.2) is 0 Å². The molecule has 0 spiro atoms.